The van der Waals surface area contributed by atoms with Gasteiger partial charge in [-0.05, 0) is 17.7 Å². The molecule has 2 rings (SSSR count). The highest BCUT2D eigenvalue weighted by Gasteiger charge is 2.29. The second kappa shape index (κ2) is 4.53. The summed E-state index contributed by atoms with van der Waals surface area (Å²) in [6, 6.07) is 1.70. The summed E-state index contributed by atoms with van der Waals surface area (Å²) in [6.07, 6.45) is 0.667. The molecule has 0 bridgehead atoms. The number of phenols is 1. The Morgan fingerprint density at radius 3 is 2.15 bits per heavy atom. The average Bonchev–Trinajstić information content (AvgIpc) is 2.25. The van der Waals surface area contributed by atoms with Crippen molar-refractivity contribution in [2.45, 2.75) is 11.3 Å². The minimum atomic E-state index is -4.58. The molecule has 10 heteroatoms. The predicted molar refractivity (Wildman–Crippen MR) is 68.6 cm³/mol. The Morgan fingerprint density at radius 1 is 1.05 bits per heavy atom. The molecule has 0 fully saturated rings. The molecule has 1 aliphatic rings. The Morgan fingerprint density at radius 2 is 1.65 bits per heavy atom. The van der Waals surface area contributed by atoms with Crippen LogP contribution in [0.25, 0.3) is 6.08 Å². The molecule has 0 spiro atoms. The van der Waals surface area contributed by atoms with Crippen molar-refractivity contribution in [3.63, 3.8) is 0 Å². The van der Waals surface area contributed by atoms with E-state index in [1.165, 1.54) is 0 Å². The number of rotatable bonds is 2. The van der Waals surface area contributed by atoms with Crippen molar-refractivity contribution < 1.29 is 31.0 Å². The normalized spacial score (nSPS) is 16.6. The van der Waals surface area contributed by atoms with E-state index in [0.717, 1.165) is 18.2 Å². The van der Waals surface area contributed by atoms with Gasteiger partial charge in [0.25, 0.3) is 20.2 Å². The van der Waals surface area contributed by atoms with Gasteiger partial charge in [0.15, 0.2) is 0 Å². The van der Waals surface area contributed by atoms with Gasteiger partial charge in [-0.1, -0.05) is 0 Å². The third kappa shape index (κ3) is 2.69. The summed E-state index contributed by atoms with van der Waals surface area (Å²) in [5, 5.41) is 9.74. The van der Waals surface area contributed by atoms with Gasteiger partial charge in [0.05, 0.1) is 15.8 Å². The molecule has 5 N–H and O–H groups in total. The highest BCUT2D eigenvalue weighted by atomic mass is 32.2. The number of phenolic OH excluding ortho intramolecular Hbond substituents is 1. The minimum absolute atomic E-state index is 0.0333. The molecule has 109 valence electrons. The van der Waals surface area contributed by atoms with E-state index in [4.69, 9.17) is 14.8 Å². The summed E-state index contributed by atoms with van der Waals surface area (Å²) in [6.45, 7) is 0. The van der Waals surface area contributed by atoms with Crippen molar-refractivity contribution in [3.8, 4) is 5.75 Å². The Labute approximate surface area is 115 Å². The van der Waals surface area contributed by atoms with Crippen LogP contribution >= 0.6 is 0 Å². The van der Waals surface area contributed by atoms with E-state index in [0.29, 0.717) is 0 Å². The lowest BCUT2D eigenvalue weighted by Crippen LogP contribution is -2.20. The molecule has 0 aliphatic heterocycles. The van der Waals surface area contributed by atoms with Crippen LogP contribution in [-0.4, -0.2) is 31.0 Å². The van der Waals surface area contributed by atoms with Gasteiger partial charge < -0.3 is 10.8 Å². The maximum absolute atomic E-state index is 11.1. The van der Waals surface area contributed by atoms with E-state index in [9.17, 15) is 21.9 Å². The molecule has 20 heavy (non-hydrogen) atoms. The molecule has 0 heterocycles. The molecule has 1 aliphatic carbocycles. The quantitative estimate of drug-likeness (QED) is 0.559. The fourth-order valence-electron chi connectivity index (χ4n) is 1.90. The van der Waals surface area contributed by atoms with Crippen molar-refractivity contribution in [2.75, 3.05) is 0 Å². The van der Waals surface area contributed by atoms with E-state index in [2.05, 4.69) is 0 Å². The van der Waals surface area contributed by atoms with Crippen LogP contribution in [0.1, 0.15) is 17.5 Å². The summed E-state index contributed by atoms with van der Waals surface area (Å²) >= 11 is 0. The molecular formula is C10H10NO7S2. The second-order valence-electron chi connectivity index (χ2n) is 4.17. The Balaban J connectivity index is 2.75. The predicted octanol–water partition coefficient (Wildman–Crippen LogP) is 0.110. The van der Waals surface area contributed by atoms with Gasteiger partial charge in [-0.15, -0.1) is 0 Å². The van der Waals surface area contributed by atoms with E-state index in [1.807, 2.05) is 0 Å². The van der Waals surface area contributed by atoms with Crippen LogP contribution in [0.2, 0.25) is 0 Å². The van der Waals surface area contributed by atoms with Crippen molar-refractivity contribution in [2.24, 2.45) is 5.73 Å². The number of hydrogen-bond donors (Lipinski definition) is 4. The minimum Gasteiger partial charge on any atom is -0.508 e. The number of fused-ring (bicyclic) bond motifs is 1. The van der Waals surface area contributed by atoms with Crippen molar-refractivity contribution >= 4 is 26.3 Å². The molecule has 0 aromatic heterocycles. The first-order valence-electron chi connectivity index (χ1n) is 5.14. The molecule has 1 aromatic rings. The van der Waals surface area contributed by atoms with Crippen LogP contribution in [0.3, 0.4) is 0 Å². The highest BCUT2D eigenvalue weighted by Crippen LogP contribution is 2.38. The molecule has 0 saturated carbocycles. The number of benzene rings is 1. The van der Waals surface area contributed by atoms with Gasteiger partial charge in [0.2, 0.25) is 0 Å². The van der Waals surface area contributed by atoms with Gasteiger partial charge in [-0.2, -0.15) is 16.8 Å². The number of aromatic hydroxyl groups is 1. The maximum Gasteiger partial charge on any atom is 0.294 e. The summed E-state index contributed by atoms with van der Waals surface area (Å²) in [4.78, 5) is -1.05. The Kier molecular flexibility index (Phi) is 3.38. The lowest BCUT2D eigenvalue weighted by Gasteiger charge is -2.22. The molecule has 1 radical (unpaired) electrons. The van der Waals surface area contributed by atoms with Crippen molar-refractivity contribution in [1.29, 1.82) is 0 Å². The van der Waals surface area contributed by atoms with Gasteiger partial charge in [0, 0.05) is 18.1 Å². The molecule has 0 atom stereocenters. The molecular weight excluding hydrogens is 310 g/mol. The van der Waals surface area contributed by atoms with Crippen LogP contribution in [0.15, 0.2) is 21.9 Å². The lowest BCUT2D eigenvalue weighted by atomic mass is 9.92. The summed E-state index contributed by atoms with van der Waals surface area (Å²) in [5.41, 5.74) is 5.65. The van der Waals surface area contributed by atoms with E-state index in [1.54, 1.807) is 0 Å². The standard InChI is InChI=1S/C10H10NO7S2/c11-8-3-6(19(13,14)15)1-5-2-7(20(16,17)18)4-9(12)10(5)8/h1-2,4,12H,3,11H2,(H,13,14,15)(H,16,17,18). The topological polar surface area (TPSA) is 155 Å². The number of nitrogens with two attached hydrogens (primary N) is 1. The maximum atomic E-state index is 11.1. The molecule has 8 nitrogen and oxygen atoms in total. The molecule has 1 aromatic carbocycles. The van der Waals surface area contributed by atoms with E-state index < -0.39 is 35.8 Å². The summed E-state index contributed by atoms with van der Waals surface area (Å²) in [5.74, 6) is -0.515. The van der Waals surface area contributed by atoms with Crippen LogP contribution in [-0.2, 0) is 20.2 Å². The van der Waals surface area contributed by atoms with E-state index >= 15 is 0 Å². The average molecular weight is 320 g/mol. The smallest absolute Gasteiger partial charge is 0.294 e. The molecule has 0 amide bonds. The van der Waals surface area contributed by atoms with Crippen molar-refractivity contribution in [1.82, 2.24) is 0 Å². The first-order valence-corrected chi connectivity index (χ1v) is 8.02. The van der Waals surface area contributed by atoms with Gasteiger partial charge in [-0.3, -0.25) is 9.11 Å². The first-order chi connectivity index (χ1) is 9.00. The fraction of sp³-hybridized carbons (Fsp3) is 0.100. The van der Waals surface area contributed by atoms with Crippen LogP contribution < -0.4 is 5.73 Å². The van der Waals surface area contributed by atoms with E-state index in [-0.39, 0.29) is 23.6 Å². The highest BCUT2D eigenvalue weighted by molar-refractivity contribution is 7.90. The fourth-order valence-corrected chi connectivity index (χ4v) is 3.05. The second-order valence-corrected chi connectivity index (χ2v) is 7.07. The zero-order valence-corrected chi connectivity index (χ0v) is 11.4. The third-order valence-corrected chi connectivity index (χ3v) is 4.51. The van der Waals surface area contributed by atoms with Crippen molar-refractivity contribution in [3.05, 3.63) is 34.2 Å². The first kappa shape index (κ1) is 14.9. The Hall–Kier alpha value is -1.46. The summed E-state index contributed by atoms with van der Waals surface area (Å²) in [7, 11) is -9.08. The monoisotopic (exact) mass is 320 g/mol. The Bertz CT molecular complexity index is 808. The zero-order chi connectivity index (χ0) is 15.3. The largest absolute Gasteiger partial charge is 0.508 e. The van der Waals surface area contributed by atoms with Crippen LogP contribution in [0.5, 0.6) is 5.75 Å². The molecule has 0 unspecified atom stereocenters. The van der Waals surface area contributed by atoms with Gasteiger partial charge in [0.1, 0.15) is 5.75 Å². The van der Waals surface area contributed by atoms with Crippen LogP contribution in [0, 0.1) is 6.04 Å². The lowest BCUT2D eigenvalue weighted by molar-refractivity contribution is 0.461. The SMILES string of the molecule is N[C]1CC(S(=O)(=O)O)=Cc2cc(S(=O)(=O)O)cc(O)c21. The molecule has 0 saturated heterocycles. The summed E-state index contributed by atoms with van der Waals surface area (Å²) < 4.78 is 62.2. The van der Waals surface area contributed by atoms with Gasteiger partial charge >= 0.3 is 0 Å². The third-order valence-electron chi connectivity index (χ3n) is 2.75. The van der Waals surface area contributed by atoms with Gasteiger partial charge in [-0.25, -0.2) is 0 Å². The van der Waals surface area contributed by atoms with Crippen LogP contribution in [0.4, 0.5) is 0 Å². The number of hydrogen-bond acceptors (Lipinski definition) is 6. The zero-order valence-electron chi connectivity index (χ0n) is 9.81.